The van der Waals surface area contributed by atoms with Crippen LogP contribution in [0.25, 0.3) is 0 Å². The summed E-state index contributed by atoms with van der Waals surface area (Å²) in [6, 6.07) is 12.3. The Bertz CT molecular complexity index is 772. The van der Waals surface area contributed by atoms with E-state index >= 15 is 0 Å². The van der Waals surface area contributed by atoms with Gasteiger partial charge in [0.2, 0.25) is 5.91 Å². The zero-order chi connectivity index (χ0) is 19.6. The van der Waals surface area contributed by atoms with Crippen LogP contribution in [0.5, 0.6) is 5.75 Å². The van der Waals surface area contributed by atoms with Crippen molar-refractivity contribution in [2.45, 2.75) is 27.2 Å². The number of carbonyl (C=O) groups excluding carboxylic acids is 2. The van der Waals surface area contributed by atoms with Crippen molar-refractivity contribution < 1.29 is 19.1 Å². The molecule has 0 spiro atoms. The first-order chi connectivity index (χ1) is 13.0. The second kappa shape index (κ2) is 10.3. The number of aryl methyl sites for hydroxylation is 1. The fraction of sp³-hybridized carbons (Fsp3) is 0.333. The first-order valence-electron chi connectivity index (χ1n) is 9.06. The van der Waals surface area contributed by atoms with Crippen molar-refractivity contribution in [1.82, 2.24) is 0 Å². The number of amides is 2. The van der Waals surface area contributed by atoms with Crippen molar-refractivity contribution in [2.75, 3.05) is 30.5 Å². The molecular weight excluding hydrogens is 344 g/mol. The molecule has 6 nitrogen and oxygen atoms in total. The van der Waals surface area contributed by atoms with E-state index in [2.05, 4.69) is 10.6 Å². The molecule has 0 aromatic heterocycles. The molecular formula is C21H26N2O4. The molecule has 0 aliphatic carbocycles. The molecule has 2 amide bonds. The molecule has 144 valence electrons. The first-order valence-corrected chi connectivity index (χ1v) is 9.06. The van der Waals surface area contributed by atoms with Crippen LogP contribution in [0.3, 0.4) is 0 Å². The van der Waals surface area contributed by atoms with E-state index in [1.54, 1.807) is 43.3 Å². The number of carbonyl (C=O) groups is 2. The molecule has 0 bridgehead atoms. The Labute approximate surface area is 159 Å². The molecule has 0 saturated carbocycles. The van der Waals surface area contributed by atoms with E-state index in [0.29, 0.717) is 48.9 Å². The molecule has 0 radical (unpaired) electrons. The first kappa shape index (κ1) is 20.5. The zero-order valence-corrected chi connectivity index (χ0v) is 16.0. The quantitative estimate of drug-likeness (QED) is 0.654. The summed E-state index contributed by atoms with van der Waals surface area (Å²) in [6.07, 6.45) is 0.398. The predicted octanol–water partition coefficient (Wildman–Crippen LogP) is 4.01. The average Bonchev–Trinajstić information content (AvgIpc) is 2.68. The van der Waals surface area contributed by atoms with Crippen LogP contribution in [0.2, 0.25) is 0 Å². The van der Waals surface area contributed by atoms with Crippen LogP contribution in [0.15, 0.2) is 42.5 Å². The Morgan fingerprint density at radius 3 is 2.37 bits per heavy atom. The lowest BCUT2D eigenvalue weighted by Crippen LogP contribution is -2.14. The maximum absolute atomic E-state index is 12.4. The summed E-state index contributed by atoms with van der Waals surface area (Å²) >= 11 is 0. The summed E-state index contributed by atoms with van der Waals surface area (Å²) < 4.78 is 10.8. The van der Waals surface area contributed by atoms with Gasteiger partial charge in [-0.1, -0.05) is 13.0 Å². The molecule has 0 saturated heterocycles. The lowest BCUT2D eigenvalue weighted by molar-refractivity contribution is -0.115. The van der Waals surface area contributed by atoms with Crippen LogP contribution in [0, 0.1) is 6.92 Å². The lowest BCUT2D eigenvalue weighted by Gasteiger charge is -2.11. The number of hydrogen-bond acceptors (Lipinski definition) is 4. The van der Waals surface area contributed by atoms with Crippen molar-refractivity contribution in [3.05, 3.63) is 53.6 Å². The van der Waals surface area contributed by atoms with Crippen molar-refractivity contribution in [3.8, 4) is 5.75 Å². The number of nitrogens with one attached hydrogen (secondary N) is 2. The maximum atomic E-state index is 12.4. The molecule has 0 unspecified atom stereocenters. The van der Waals surface area contributed by atoms with Gasteiger partial charge in [0.25, 0.3) is 5.91 Å². The molecule has 2 N–H and O–H groups in total. The third-order valence-corrected chi connectivity index (χ3v) is 3.91. The van der Waals surface area contributed by atoms with Crippen LogP contribution >= 0.6 is 0 Å². The van der Waals surface area contributed by atoms with Crippen LogP contribution in [-0.4, -0.2) is 31.6 Å². The minimum atomic E-state index is -0.229. The van der Waals surface area contributed by atoms with E-state index in [9.17, 15) is 9.59 Å². The molecule has 0 atom stereocenters. The van der Waals surface area contributed by atoms with Gasteiger partial charge in [-0.3, -0.25) is 9.59 Å². The highest BCUT2D eigenvalue weighted by atomic mass is 16.5. The Hall–Kier alpha value is -2.86. The molecule has 0 heterocycles. The van der Waals surface area contributed by atoms with Crippen LogP contribution in [0.1, 0.15) is 36.2 Å². The lowest BCUT2D eigenvalue weighted by atomic mass is 10.1. The summed E-state index contributed by atoms with van der Waals surface area (Å²) in [5.41, 5.74) is 2.77. The topological polar surface area (TPSA) is 76.7 Å². The number of benzene rings is 2. The average molecular weight is 370 g/mol. The van der Waals surface area contributed by atoms with Crippen LogP contribution in [0.4, 0.5) is 11.4 Å². The Morgan fingerprint density at radius 1 is 0.963 bits per heavy atom. The second-order valence-corrected chi connectivity index (χ2v) is 5.96. The summed E-state index contributed by atoms with van der Waals surface area (Å²) in [4.78, 5) is 24.1. The minimum absolute atomic E-state index is 0.0681. The molecule has 2 rings (SSSR count). The highest BCUT2D eigenvalue weighted by Gasteiger charge is 2.09. The monoisotopic (exact) mass is 370 g/mol. The van der Waals surface area contributed by atoms with Gasteiger partial charge in [-0.15, -0.1) is 0 Å². The molecule has 27 heavy (non-hydrogen) atoms. The molecule has 0 fully saturated rings. The molecule has 0 aliphatic heterocycles. The maximum Gasteiger partial charge on any atom is 0.255 e. The Balaban J connectivity index is 1.98. The summed E-state index contributed by atoms with van der Waals surface area (Å²) in [7, 11) is 0. The van der Waals surface area contributed by atoms with Crippen molar-refractivity contribution in [3.63, 3.8) is 0 Å². The number of hydrogen-bond donors (Lipinski definition) is 2. The van der Waals surface area contributed by atoms with Gasteiger partial charge in [0.15, 0.2) is 0 Å². The van der Waals surface area contributed by atoms with E-state index < -0.39 is 0 Å². The molecule has 0 aliphatic rings. The van der Waals surface area contributed by atoms with Gasteiger partial charge < -0.3 is 20.1 Å². The van der Waals surface area contributed by atoms with Gasteiger partial charge in [-0.25, -0.2) is 0 Å². The summed E-state index contributed by atoms with van der Waals surface area (Å²) in [6.45, 7) is 7.28. The minimum Gasteiger partial charge on any atom is -0.491 e. The zero-order valence-electron chi connectivity index (χ0n) is 16.0. The van der Waals surface area contributed by atoms with Crippen molar-refractivity contribution in [2.24, 2.45) is 0 Å². The van der Waals surface area contributed by atoms with Crippen LogP contribution in [-0.2, 0) is 9.53 Å². The predicted molar refractivity (Wildman–Crippen MR) is 106 cm³/mol. The van der Waals surface area contributed by atoms with Gasteiger partial charge in [-0.2, -0.15) is 0 Å². The highest BCUT2D eigenvalue weighted by Crippen LogP contribution is 2.21. The second-order valence-electron chi connectivity index (χ2n) is 5.96. The van der Waals surface area contributed by atoms with Gasteiger partial charge in [0, 0.05) is 30.0 Å². The van der Waals surface area contributed by atoms with Crippen molar-refractivity contribution >= 4 is 23.2 Å². The van der Waals surface area contributed by atoms with Gasteiger partial charge in [0.1, 0.15) is 12.4 Å². The summed E-state index contributed by atoms with van der Waals surface area (Å²) in [5.74, 6) is 0.389. The number of anilines is 2. The highest BCUT2D eigenvalue weighted by molar-refractivity contribution is 6.04. The Morgan fingerprint density at radius 2 is 1.70 bits per heavy atom. The van der Waals surface area contributed by atoms with Crippen molar-refractivity contribution in [1.29, 1.82) is 0 Å². The standard InChI is InChI=1S/C21H26N2O4/c1-4-20(24)23-19-14-17(9-6-15(19)3)22-21(25)16-7-10-18(11-8-16)27-13-12-26-5-2/h6-11,14H,4-5,12-13H2,1-3H3,(H,22,25)(H,23,24). The Kier molecular flexibility index (Phi) is 7.82. The van der Waals surface area contributed by atoms with Gasteiger partial charge in [0.05, 0.1) is 6.61 Å². The fourth-order valence-corrected chi connectivity index (χ4v) is 2.34. The third-order valence-electron chi connectivity index (χ3n) is 3.91. The van der Waals surface area contributed by atoms with E-state index in [1.165, 1.54) is 0 Å². The summed E-state index contributed by atoms with van der Waals surface area (Å²) in [5, 5.41) is 5.68. The normalized spacial score (nSPS) is 10.3. The fourth-order valence-electron chi connectivity index (χ4n) is 2.34. The van der Waals surface area contributed by atoms with E-state index in [1.807, 2.05) is 19.9 Å². The van der Waals surface area contributed by atoms with Gasteiger partial charge in [-0.05, 0) is 55.8 Å². The van der Waals surface area contributed by atoms with Gasteiger partial charge >= 0.3 is 0 Å². The van der Waals surface area contributed by atoms with E-state index in [0.717, 1.165) is 5.56 Å². The van der Waals surface area contributed by atoms with E-state index in [-0.39, 0.29) is 11.8 Å². The SMILES string of the molecule is CCOCCOc1ccc(C(=O)Nc2ccc(C)c(NC(=O)CC)c2)cc1. The largest absolute Gasteiger partial charge is 0.491 e. The molecule has 2 aromatic carbocycles. The smallest absolute Gasteiger partial charge is 0.255 e. The molecule has 6 heteroatoms. The third kappa shape index (κ3) is 6.42. The number of ether oxygens (including phenoxy) is 2. The molecule has 2 aromatic rings. The number of rotatable bonds is 9. The van der Waals surface area contributed by atoms with Crippen LogP contribution < -0.4 is 15.4 Å². The van der Waals surface area contributed by atoms with E-state index in [4.69, 9.17) is 9.47 Å².